The molecule has 0 fully saturated rings. The van der Waals surface area contributed by atoms with E-state index in [0.717, 1.165) is 6.42 Å². The first-order valence-corrected chi connectivity index (χ1v) is 10.6. The maximum Gasteiger partial charge on any atom is 0.344 e. The zero-order chi connectivity index (χ0) is 14.7. The molecule has 0 aromatic rings. The highest BCUT2D eigenvalue weighted by Gasteiger charge is 2.47. The summed E-state index contributed by atoms with van der Waals surface area (Å²) in [5.74, 6) is -0.529. The monoisotopic (exact) mass is 324 g/mol. The van der Waals surface area contributed by atoms with Gasteiger partial charge in [0.1, 0.15) is 0 Å². The molecule has 122 valence electrons. The highest BCUT2D eigenvalue weighted by Crippen LogP contribution is 2.65. The van der Waals surface area contributed by atoms with Crippen molar-refractivity contribution in [3.8, 4) is 0 Å². The van der Waals surface area contributed by atoms with Gasteiger partial charge in [-0.05, 0) is 25.7 Å². The van der Waals surface area contributed by atoms with Gasteiger partial charge in [0.15, 0.2) is 5.66 Å². The highest BCUT2D eigenvalue weighted by atomic mass is 35.5. The van der Waals surface area contributed by atoms with Crippen LogP contribution < -0.4 is 12.4 Å². The molecule has 0 aromatic carbocycles. The van der Waals surface area contributed by atoms with Gasteiger partial charge in [0, 0.05) is 7.26 Å². The van der Waals surface area contributed by atoms with Crippen LogP contribution in [0, 0.1) is 0 Å². The quantitative estimate of drug-likeness (QED) is 0.559. The fourth-order valence-electron chi connectivity index (χ4n) is 3.02. The number of hydrogen-bond donors (Lipinski definition) is 1. The second-order valence-electron chi connectivity index (χ2n) is 5.71. The molecule has 0 amide bonds. The van der Waals surface area contributed by atoms with Gasteiger partial charge < -0.3 is 17.5 Å². The number of hydrogen-bond acceptors (Lipinski definition) is 1. The molecule has 0 aliphatic rings. The van der Waals surface area contributed by atoms with Crippen molar-refractivity contribution in [1.29, 1.82) is 0 Å². The Balaban J connectivity index is 0. The molecule has 0 aliphatic heterocycles. The third-order valence-electron chi connectivity index (χ3n) is 4.20. The van der Waals surface area contributed by atoms with E-state index in [1.165, 1.54) is 57.0 Å². The first-order chi connectivity index (χ1) is 9.07. The molecule has 0 radical (unpaired) electrons. The summed E-state index contributed by atoms with van der Waals surface area (Å²) in [5, 5.41) is 9.63. The molecule has 20 heavy (non-hydrogen) atoms. The standard InChI is InChI=1S/C16H33O2P.ClH/c1-5-9-12-19(13-10-6-2,14-11-7-3)15(8-4)16(17)18;/h15H,5-14H2,1-4H3;1H. The van der Waals surface area contributed by atoms with Gasteiger partial charge in [0.25, 0.3) is 0 Å². The Kier molecular flexibility index (Phi) is 14.5. The molecule has 2 nitrogen and oxygen atoms in total. The van der Waals surface area contributed by atoms with Crippen LogP contribution in [0.3, 0.4) is 0 Å². The van der Waals surface area contributed by atoms with Crippen molar-refractivity contribution < 1.29 is 22.3 Å². The number of carbonyl (C=O) groups is 1. The summed E-state index contributed by atoms with van der Waals surface area (Å²) in [5.41, 5.74) is -0.0443. The third-order valence-corrected chi connectivity index (χ3v) is 9.73. The minimum Gasteiger partial charge on any atom is -1.00 e. The number of carboxylic acids is 1. The number of unbranched alkanes of at least 4 members (excludes halogenated alkanes) is 3. The van der Waals surface area contributed by atoms with Gasteiger partial charge in [0.05, 0.1) is 18.5 Å². The van der Waals surface area contributed by atoms with Gasteiger partial charge in [-0.25, -0.2) is 4.79 Å². The van der Waals surface area contributed by atoms with Gasteiger partial charge in [-0.3, -0.25) is 0 Å². The Morgan fingerprint density at radius 3 is 1.45 bits per heavy atom. The molecule has 1 N–H and O–H groups in total. The molecule has 0 aromatic heterocycles. The fraction of sp³-hybridized carbons (Fsp3) is 0.938. The van der Waals surface area contributed by atoms with Crippen molar-refractivity contribution in [2.24, 2.45) is 0 Å². The van der Waals surface area contributed by atoms with Crippen molar-refractivity contribution in [2.45, 2.75) is 78.3 Å². The lowest BCUT2D eigenvalue weighted by Gasteiger charge is -2.32. The van der Waals surface area contributed by atoms with E-state index in [4.69, 9.17) is 0 Å². The average molecular weight is 325 g/mol. The van der Waals surface area contributed by atoms with E-state index in [9.17, 15) is 9.90 Å². The summed E-state index contributed by atoms with van der Waals surface area (Å²) in [6.07, 6.45) is 11.6. The van der Waals surface area contributed by atoms with Crippen LogP contribution in [0.5, 0.6) is 0 Å². The summed E-state index contributed by atoms with van der Waals surface area (Å²) in [7, 11) is -1.31. The molecule has 0 heterocycles. The molecule has 1 atom stereocenters. The van der Waals surface area contributed by atoms with Crippen molar-refractivity contribution >= 4 is 13.2 Å². The number of carboxylic acid groups (broad SMARTS) is 1. The van der Waals surface area contributed by atoms with E-state index in [0.29, 0.717) is 0 Å². The van der Waals surface area contributed by atoms with Crippen LogP contribution in [0.4, 0.5) is 0 Å². The largest absolute Gasteiger partial charge is 1.00 e. The molecule has 0 saturated carbocycles. The first kappa shape index (κ1) is 22.5. The lowest BCUT2D eigenvalue weighted by Crippen LogP contribution is -3.00. The highest BCUT2D eigenvalue weighted by molar-refractivity contribution is 7.77. The van der Waals surface area contributed by atoms with Crippen LogP contribution in [0.1, 0.15) is 72.6 Å². The van der Waals surface area contributed by atoms with E-state index in [1.54, 1.807) is 0 Å². The minimum absolute atomic E-state index is 0. The summed E-state index contributed by atoms with van der Waals surface area (Å²) in [6, 6.07) is 0. The molecular formula is C16H34ClO2P. The Bertz CT molecular complexity index is 225. The predicted octanol–water partition coefficient (Wildman–Crippen LogP) is 2.27. The normalized spacial score (nSPS) is 12.8. The summed E-state index contributed by atoms with van der Waals surface area (Å²) < 4.78 is 0. The van der Waals surface area contributed by atoms with Crippen LogP contribution in [0.15, 0.2) is 0 Å². The maximum absolute atomic E-state index is 11.7. The lowest BCUT2D eigenvalue weighted by molar-refractivity contribution is -0.136. The zero-order valence-corrected chi connectivity index (χ0v) is 15.5. The molecule has 0 aliphatic carbocycles. The molecule has 0 rings (SSSR count). The smallest absolute Gasteiger partial charge is 0.344 e. The minimum atomic E-state index is -1.31. The Hall–Kier alpha value is 0.190. The van der Waals surface area contributed by atoms with Crippen LogP contribution >= 0.6 is 7.26 Å². The Labute approximate surface area is 132 Å². The Morgan fingerprint density at radius 1 is 0.900 bits per heavy atom. The van der Waals surface area contributed by atoms with Gasteiger partial charge >= 0.3 is 5.97 Å². The van der Waals surface area contributed by atoms with E-state index in [2.05, 4.69) is 27.7 Å². The molecule has 0 bridgehead atoms. The van der Waals surface area contributed by atoms with Gasteiger partial charge in [-0.1, -0.05) is 47.0 Å². The first-order valence-electron chi connectivity index (χ1n) is 8.16. The molecular weight excluding hydrogens is 291 g/mol. The second-order valence-corrected chi connectivity index (χ2v) is 10.1. The second kappa shape index (κ2) is 12.9. The molecule has 0 spiro atoms. The maximum atomic E-state index is 11.7. The molecule has 0 saturated heterocycles. The van der Waals surface area contributed by atoms with E-state index >= 15 is 0 Å². The van der Waals surface area contributed by atoms with Crippen LogP contribution in [-0.4, -0.2) is 35.2 Å². The SMILES string of the molecule is CCCC[P+](CCCC)(CCCC)C(CC)C(=O)O.[Cl-]. The predicted molar refractivity (Wildman–Crippen MR) is 88.0 cm³/mol. The number of halogens is 1. The van der Waals surface area contributed by atoms with Crippen molar-refractivity contribution in [1.82, 2.24) is 0 Å². The third kappa shape index (κ3) is 7.27. The summed E-state index contributed by atoms with van der Waals surface area (Å²) >= 11 is 0. The van der Waals surface area contributed by atoms with Crippen molar-refractivity contribution in [3.05, 3.63) is 0 Å². The fourth-order valence-corrected chi connectivity index (χ4v) is 8.71. The van der Waals surface area contributed by atoms with Crippen LogP contribution in [0.25, 0.3) is 0 Å². The van der Waals surface area contributed by atoms with Crippen molar-refractivity contribution in [3.63, 3.8) is 0 Å². The molecule has 1 unspecified atom stereocenters. The van der Waals surface area contributed by atoms with Crippen LogP contribution in [-0.2, 0) is 4.79 Å². The average Bonchev–Trinajstić information content (AvgIpc) is 2.40. The Morgan fingerprint density at radius 2 is 1.25 bits per heavy atom. The molecule has 4 heteroatoms. The van der Waals surface area contributed by atoms with E-state index in [1.807, 2.05) is 0 Å². The van der Waals surface area contributed by atoms with E-state index in [-0.39, 0.29) is 18.1 Å². The number of rotatable bonds is 12. The number of aliphatic carboxylic acids is 1. The van der Waals surface area contributed by atoms with Crippen LogP contribution in [0.2, 0.25) is 0 Å². The summed E-state index contributed by atoms with van der Waals surface area (Å²) in [6.45, 7) is 8.72. The zero-order valence-electron chi connectivity index (χ0n) is 13.8. The summed E-state index contributed by atoms with van der Waals surface area (Å²) in [4.78, 5) is 11.7. The topological polar surface area (TPSA) is 37.3 Å². The lowest BCUT2D eigenvalue weighted by atomic mass is 10.3. The van der Waals surface area contributed by atoms with Crippen molar-refractivity contribution in [2.75, 3.05) is 18.5 Å². The van der Waals surface area contributed by atoms with Gasteiger partial charge in [0.2, 0.25) is 0 Å². The van der Waals surface area contributed by atoms with Gasteiger partial charge in [-0.15, -0.1) is 0 Å². The van der Waals surface area contributed by atoms with E-state index < -0.39 is 13.2 Å². The van der Waals surface area contributed by atoms with Gasteiger partial charge in [-0.2, -0.15) is 0 Å².